The molecule has 0 amide bonds. The summed E-state index contributed by atoms with van der Waals surface area (Å²) in [5, 5.41) is 8.50. The first-order chi connectivity index (χ1) is 16.0. The number of rotatable bonds is 6. The van der Waals surface area contributed by atoms with Crippen molar-refractivity contribution in [3.8, 4) is 22.9 Å². The molecule has 33 heavy (non-hydrogen) atoms. The Morgan fingerprint density at radius 3 is 2.67 bits per heavy atom. The van der Waals surface area contributed by atoms with E-state index in [0.29, 0.717) is 22.6 Å². The molecule has 7 nitrogen and oxygen atoms in total. The third-order valence-electron chi connectivity index (χ3n) is 6.03. The maximum Gasteiger partial charge on any atom is 0.258 e. The van der Waals surface area contributed by atoms with Crippen LogP contribution in [0.15, 0.2) is 52.7 Å². The Labute approximate surface area is 198 Å². The summed E-state index contributed by atoms with van der Waals surface area (Å²) in [6.07, 6.45) is 2.12. The van der Waals surface area contributed by atoms with Gasteiger partial charge in [-0.1, -0.05) is 48.3 Å². The highest BCUT2D eigenvalue weighted by molar-refractivity contribution is 7.80. The molecular weight excluding hydrogens is 436 g/mol. The maximum absolute atomic E-state index is 5.81. The van der Waals surface area contributed by atoms with E-state index in [9.17, 15) is 0 Å². The van der Waals surface area contributed by atoms with E-state index in [2.05, 4.69) is 60.4 Å². The second-order valence-electron chi connectivity index (χ2n) is 8.29. The molecule has 8 heteroatoms. The fourth-order valence-corrected chi connectivity index (χ4v) is 4.48. The molecule has 3 heterocycles. The molecule has 0 radical (unpaired) electrons. The molecule has 1 atom stereocenters. The molecule has 0 fully saturated rings. The number of nitrogens with one attached hydrogen (secondary N) is 1. The van der Waals surface area contributed by atoms with Crippen LogP contribution in [0.3, 0.4) is 0 Å². The number of aryl methyl sites for hydroxylation is 1. The molecule has 2 aliphatic heterocycles. The predicted molar refractivity (Wildman–Crippen MR) is 130 cm³/mol. The number of thiocarbonyl (C=S) groups is 1. The van der Waals surface area contributed by atoms with Crippen LogP contribution in [0.4, 0.5) is 0 Å². The second-order valence-corrected chi connectivity index (χ2v) is 8.68. The summed E-state index contributed by atoms with van der Waals surface area (Å²) in [5.74, 6) is 2.38. The molecule has 2 aliphatic rings. The summed E-state index contributed by atoms with van der Waals surface area (Å²) < 4.78 is 16.7. The normalized spacial score (nSPS) is 17.5. The van der Waals surface area contributed by atoms with E-state index >= 15 is 0 Å². The van der Waals surface area contributed by atoms with Crippen molar-refractivity contribution in [1.29, 1.82) is 0 Å². The zero-order valence-electron chi connectivity index (χ0n) is 18.9. The van der Waals surface area contributed by atoms with Crippen molar-refractivity contribution in [1.82, 2.24) is 20.4 Å². The zero-order chi connectivity index (χ0) is 22.9. The lowest BCUT2D eigenvalue weighted by Gasteiger charge is -2.37. The summed E-state index contributed by atoms with van der Waals surface area (Å²) in [6, 6.07) is 13.9. The van der Waals surface area contributed by atoms with E-state index in [1.165, 1.54) is 5.56 Å². The van der Waals surface area contributed by atoms with Gasteiger partial charge in [0.05, 0.1) is 11.6 Å². The monoisotopic (exact) mass is 462 g/mol. The van der Waals surface area contributed by atoms with Crippen LogP contribution >= 0.6 is 12.2 Å². The van der Waals surface area contributed by atoms with E-state index in [-0.39, 0.29) is 12.8 Å². The molecular formula is C25H26N4O3S. The van der Waals surface area contributed by atoms with Crippen LogP contribution in [-0.4, -0.2) is 33.5 Å². The topological polar surface area (TPSA) is 72.7 Å². The predicted octanol–water partition coefficient (Wildman–Crippen LogP) is 5.24. The van der Waals surface area contributed by atoms with Crippen molar-refractivity contribution in [2.24, 2.45) is 0 Å². The standard InChI is InChI=1S/C25H26N4O3S/c1-4-5-12-29-16(3)21(22(26-25(29)33)17-8-6-15(2)7-9-17)24-27-23(28-32-24)18-10-11-19-20(13-18)31-14-30-19/h6-11,13,22H,4-5,12,14H2,1-3H3,(H,26,33). The Morgan fingerprint density at radius 1 is 1.09 bits per heavy atom. The van der Waals surface area contributed by atoms with Crippen molar-refractivity contribution < 1.29 is 14.0 Å². The number of nitrogens with zero attached hydrogens (tertiary/aromatic N) is 3. The molecule has 0 saturated heterocycles. The fraction of sp³-hybridized carbons (Fsp3) is 0.320. The van der Waals surface area contributed by atoms with Gasteiger partial charge in [-0.3, -0.25) is 0 Å². The van der Waals surface area contributed by atoms with Gasteiger partial charge in [0.15, 0.2) is 16.6 Å². The minimum absolute atomic E-state index is 0.180. The van der Waals surface area contributed by atoms with Gasteiger partial charge >= 0.3 is 0 Å². The highest BCUT2D eigenvalue weighted by Gasteiger charge is 2.34. The molecule has 0 aliphatic carbocycles. The quantitative estimate of drug-likeness (QED) is 0.499. The van der Waals surface area contributed by atoms with Crippen LogP contribution in [-0.2, 0) is 0 Å². The Bertz CT molecular complexity index is 1220. The van der Waals surface area contributed by atoms with E-state index in [1.54, 1.807) is 0 Å². The minimum atomic E-state index is -0.180. The average Bonchev–Trinajstić information content (AvgIpc) is 3.48. The number of hydrogen-bond acceptors (Lipinski definition) is 6. The molecule has 3 aromatic rings. The molecule has 1 aromatic heterocycles. The Hall–Kier alpha value is -3.39. The third kappa shape index (κ3) is 4.06. The van der Waals surface area contributed by atoms with E-state index in [1.807, 2.05) is 18.2 Å². The van der Waals surface area contributed by atoms with Crippen LogP contribution in [0.5, 0.6) is 11.5 Å². The molecule has 170 valence electrons. The number of hydrogen-bond donors (Lipinski definition) is 1. The van der Waals surface area contributed by atoms with Crippen LogP contribution in [0.2, 0.25) is 0 Å². The molecule has 0 bridgehead atoms. The first kappa shape index (κ1) is 21.5. The molecule has 1 N–H and O–H groups in total. The van der Waals surface area contributed by atoms with Crippen LogP contribution in [0.25, 0.3) is 17.0 Å². The summed E-state index contributed by atoms with van der Waals surface area (Å²) >= 11 is 5.74. The Kier molecular flexibility index (Phi) is 5.76. The van der Waals surface area contributed by atoms with Gasteiger partial charge in [-0.05, 0) is 56.2 Å². The maximum atomic E-state index is 5.81. The number of aromatic nitrogens is 2. The largest absolute Gasteiger partial charge is 0.454 e. The van der Waals surface area contributed by atoms with Gasteiger partial charge in [0.25, 0.3) is 5.89 Å². The Balaban J connectivity index is 1.56. The summed E-state index contributed by atoms with van der Waals surface area (Å²) in [6.45, 7) is 7.38. The minimum Gasteiger partial charge on any atom is -0.454 e. The number of fused-ring (bicyclic) bond motifs is 1. The first-order valence-electron chi connectivity index (χ1n) is 11.1. The van der Waals surface area contributed by atoms with E-state index in [0.717, 1.165) is 47.5 Å². The lowest BCUT2D eigenvalue weighted by Crippen LogP contribution is -2.46. The third-order valence-corrected chi connectivity index (χ3v) is 6.37. The average molecular weight is 463 g/mol. The molecule has 1 unspecified atom stereocenters. The van der Waals surface area contributed by atoms with Gasteiger partial charge in [0.1, 0.15) is 0 Å². The second kappa shape index (κ2) is 8.86. The van der Waals surface area contributed by atoms with E-state index in [4.69, 9.17) is 31.2 Å². The summed E-state index contributed by atoms with van der Waals surface area (Å²) in [4.78, 5) is 6.90. The lowest BCUT2D eigenvalue weighted by molar-refractivity contribution is 0.174. The number of benzene rings is 2. The Morgan fingerprint density at radius 2 is 1.88 bits per heavy atom. The highest BCUT2D eigenvalue weighted by Crippen LogP contribution is 2.39. The highest BCUT2D eigenvalue weighted by atomic mass is 32.1. The smallest absolute Gasteiger partial charge is 0.258 e. The SMILES string of the molecule is CCCCN1C(=S)NC(c2ccc(C)cc2)C(c2nc(-c3ccc4c(c3)OCO4)no2)=C1C. The van der Waals surface area contributed by atoms with Gasteiger partial charge in [0, 0.05) is 17.8 Å². The molecule has 0 spiro atoms. The van der Waals surface area contributed by atoms with Crippen LogP contribution in [0, 0.1) is 6.92 Å². The van der Waals surface area contributed by atoms with Crippen molar-refractivity contribution in [3.63, 3.8) is 0 Å². The fourth-order valence-electron chi connectivity index (χ4n) is 4.14. The molecule has 2 aromatic carbocycles. The van der Waals surface area contributed by atoms with Crippen LogP contribution < -0.4 is 14.8 Å². The number of allylic oxidation sites excluding steroid dienone is 1. The van der Waals surface area contributed by atoms with E-state index < -0.39 is 0 Å². The molecule has 0 saturated carbocycles. The van der Waals surface area contributed by atoms with Gasteiger partial charge in [-0.25, -0.2) is 0 Å². The van der Waals surface area contributed by atoms with Crippen LogP contribution in [0.1, 0.15) is 49.7 Å². The van der Waals surface area contributed by atoms with Crippen molar-refractivity contribution in [2.75, 3.05) is 13.3 Å². The summed E-state index contributed by atoms with van der Waals surface area (Å²) in [5.41, 5.74) is 5.06. The lowest BCUT2D eigenvalue weighted by atomic mass is 9.94. The first-order valence-corrected chi connectivity index (χ1v) is 11.6. The summed E-state index contributed by atoms with van der Waals surface area (Å²) in [7, 11) is 0. The van der Waals surface area contributed by atoms with Gasteiger partial charge in [0.2, 0.25) is 12.6 Å². The van der Waals surface area contributed by atoms with Crippen molar-refractivity contribution in [3.05, 3.63) is 65.2 Å². The van der Waals surface area contributed by atoms with Crippen molar-refractivity contribution in [2.45, 2.75) is 39.7 Å². The zero-order valence-corrected chi connectivity index (χ0v) is 19.7. The van der Waals surface area contributed by atoms with Gasteiger partial charge in [-0.2, -0.15) is 4.98 Å². The number of unbranched alkanes of at least 4 members (excludes halogenated alkanes) is 1. The number of ether oxygens (including phenoxy) is 2. The van der Waals surface area contributed by atoms with Gasteiger partial charge < -0.3 is 24.2 Å². The van der Waals surface area contributed by atoms with Crippen molar-refractivity contribution >= 4 is 22.9 Å². The molecule has 5 rings (SSSR count). The van der Waals surface area contributed by atoms with Gasteiger partial charge in [-0.15, -0.1) is 0 Å².